The first-order valence-electron chi connectivity index (χ1n) is 6.90. The molecule has 2 bridgehead atoms. The summed E-state index contributed by atoms with van der Waals surface area (Å²) in [6, 6.07) is 5.40. The molecule has 3 aliphatic heterocycles. The fraction of sp³-hybridized carbons (Fsp3) is 0.375. The molecule has 1 aromatic carbocycles. The van der Waals surface area contributed by atoms with E-state index in [9.17, 15) is 14.0 Å². The molecule has 21 heavy (non-hydrogen) atoms. The van der Waals surface area contributed by atoms with Crippen LogP contribution in [-0.4, -0.2) is 23.0 Å². The third-order valence-electron chi connectivity index (χ3n) is 4.81. The summed E-state index contributed by atoms with van der Waals surface area (Å²) >= 11 is 0. The van der Waals surface area contributed by atoms with Gasteiger partial charge in [-0.05, 0) is 38.1 Å². The molecule has 0 N–H and O–H groups in total. The molecule has 2 fully saturated rings. The summed E-state index contributed by atoms with van der Waals surface area (Å²) < 4.78 is 19.0. The summed E-state index contributed by atoms with van der Waals surface area (Å²) in [6.45, 7) is 3.66. The van der Waals surface area contributed by atoms with Crippen LogP contribution in [0.25, 0.3) is 0 Å². The Balaban J connectivity index is 1.80. The molecule has 0 aromatic heterocycles. The maximum absolute atomic E-state index is 13.0. The van der Waals surface area contributed by atoms with Crippen LogP contribution < -0.4 is 4.90 Å². The minimum absolute atomic E-state index is 0.271. The maximum atomic E-state index is 13.0. The van der Waals surface area contributed by atoms with Gasteiger partial charge in [-0.2, -0.15) is 0 Å². The maximum Gasteiger partial charge on any atom is 0.241 e. The Hall–Kier alpha value is -2.01. The van der Waals surface area contributed by atoms with E-state index in [2.05, 4.69) is 0 Å². The van der Waals surface area contributed by atoms with Crippen molar-refractivity contribution in [2.24, 2.45) is 11.8 Å². The lowest BCUT2D eigenvalue weighted by Gasteiger charge is -2.25. The van der Waals surface area contributed by atoms with Crippen LogP contribution in [0, 0.1) is 17.7 Å². The molecule has 0 unspecified atom stereocenters. The van der Waals surface area contributed by atoms with Crippen LogP contribution in [0.1, 0.15) is 13.8 Å². The molecule has 0 spiro atoms. The van der Waals surface area contributed by atoms with Gasteiger partial charge >= 0.3 is 0 Å². The smallest absolute Gasteiger partial charge is 0.241 e. The van der Waals surface area contributed by atoms with Crippen molar-refractivity contribution in [2.75, 3.05) is 4.90 Å². The number of imide groups is 1. The van der Waals surface area contributed by atoms with Gasteiger partial charge in [0.1, 0.15) is 5.82 Å². The number of rotatable bonds is 1. The first-order valence-corrected chi connectivity index (χ1v) is 6.90. The zero-order chi connectivity index (χ0) is 15.0. The first kappa shape index (κ1) is 12.7. The summed E-state index contributed by atoms with van der Waals surface area (Å²) in [5.41, 5.74) is -1.06. The number of ether oxygens (including phenoxy) is 1. The first-order chi connectivity index (χ1) is 9.86. The third-order valence-corrected chi connectivity index (χ3v) is 4.81. The van der Waals surface area contributed by atoms with Gasteiger partial charge in [0.25, 0.3) is 0 Å². The number of carbonyl (C=O) groups excluding carboxylic acids is 2. The second-order valence-electron chi connectivity index (χ2n) is 6.25. The fourth-order valence-electron chi connectivity index (χ4n) is 3.88. The van der Waals surface area contributed by atoms with Crippen LogP contribution in [0.3, 0.4) is 0 Å². The lowest BCUT2D eigenvalue weighted by Crippen LogP contribution is -2.39. The van der Waals surface area contributed by atoms with Gasteiger partial charge in [-0.3, -0.25) is 9.59 Å². The largest absolute Gasteiger partial charge is 0.359 e. The van der Waals surface area contributed by atoms with E-state index in [1.165, 1.54) is 29.2 Å². The Bertz CT molecular complexity index is 662. The van der Waals surface area contributed by atoms with E-state index in [4.69, 9.17) is 4.74 Å². The zero-order valence-corrected chi connectivity index (χ0v) is 11.7. The Kier molecular flexibility index (Phi) is 2.18. The second kappa shape index (κ2) is 3.60. The van der Waals surface area contributed by atoms with E-state index in [1.807, 2.05) is 26.0 Å². The number of halogens is 1. The van der Waals surface area contributed by atoms with Crippen molar-refractivity contribution in [1.82, 2.24) is 0 Å². The minimum Gasteiger partial charge on any atom is -0.359 e. The minimum atomic E-state index is -0.735. The van der Waals surface area contributed by atoms with Crippen LogP contribution in [0.15, 0.2) is 36.4 Å². The summed E-state index contributed by atoms with van der Waals surface area (Å²) in [6.07, 6.45) is 3.74. The summed E-state index contributed by atoms with van der Waals surface area (Å²) in [4.78, 5) is 26.6. The number of nitrogens with zero attached hydrogens (tertiary/aromatic N) is 1. The van der Waals surface area contributed by atoms with Gasteiger partial charge < -0.3 is 4.74 Å². The van der Waals surface area contributed by atoms with Crippen molar-refractivity contribution < 1.29 is 18.7 Å². The van der Waals surface area contributed by atoms with Crippen molar-refractivity contribution in [3.8, 4) is 0 Å². The number of anilines is 1. The van der Waals surface area contributed by atoms with Crippen LogP contribution >= 0.6 is 0 Å². The summed E-state index contributed by atoms with van der Waals surface area (Å²) in [7, 11) is 0. The molecule has 4 rings (SSSR count). The normalized spacial score (nSPS) is 40.2. The molecule has 3 aliphatic rings. The molecule has 4 atom stereocenters. The second-order valence-corrected chi connectivity index (χ2v) is 6.25. The summed E-state index contributed by atoms with van der Waals surface area (Å²) in [5.74, 6) is -1.96. The molecule has 0 aliphatic carbocycles. The van der Waals surface area contributed by atoms with E-state index in [-0.39, 0.29) is 11.8 Å². The van der Waals surface area contributed by atoms with Gasteiger partial charge in [0.15, 0.2) is 0 Å². The van der Waals surface area contributed by atoms with Crippen molar-refractivity contribution >= 4 is 17.5 Å². The number of amides is 2. The van der Waals surface area contributed by atoms with E-state index in [0.717, 1.165) is 0 Å². The Labute approximate surface area is 121 Å². The Morgan fingerprint density at radius 1 is 1.00 bits per heavy atom. The SMILES string of the molecule is C[C@]12C=C[C@](C)(O1)[C@H]1C(=O)N(c3ccc(F)cc3)C(=O)[C@@H]12. The average Bonchev–Trinajstić information content (AvgIpc) is 2.97. The molecule has 0 radical (unpaired) electrons. The predicted molar refractivity (Wildman–Crippen MR) is 72.9 cm³/mol. The molecule has 3 heterocycles. The summed E-state index contributed by atoms with van der Waals surface area (Å²) in [5, 5.41) is 0. The number of fused-ring (bicyclic) bond motifs is 5. The Morgan fingerprint density at radius 3 is 1.95 bits per heavy atom. The van der Waals surface area contributed by atoms with Crippen molar-refractivity contribution in [1.29, 1.82) is 0 Å². The molecule has 2 amide bonds. The predicted octanol–water partition coefficient (Wildman–Crippen LogP) is 2.05. The fourth-order valence-corrected chi connectivity index (χ4v) is 3.88. The molecule has 1 aromatic rings. The lowest BCUT2D eigenvalue weighted by atomic mass is 9.73. The van der Waals surface area contributed by atoms with E-state index < -0.39 is 28.9 Å². The van der Waals surface area contributed by atoms with Gasteiger partial charge in [0, 0.05) is 0 Å². The van der Waals surface area contributed by atoms with Crippen LogP contribution in [0.2, 0.25) is 0 Å². The highest BCUT2D eigenvalue weighted by atomic mass is 19.1. The average molecular weight is 287 g/mol. The highest BCUT2D eigenvalue weighted by molar-refractivity contribution is 6.23. The van der Waals surface area contributed by atoms with Crippen molar-refractivity contribution in [3.63, 3.8) is 0 Å². The lowest BCUT2D eigenvalue weighted by molar-refractivity contribution is -0.128. The highest BCUT2D eigenvalue weighted by Crippen LogP contribution is 2.57. The van der Waals surface area contributed by atoms with Crippen molar-refractivity contribution in [2.45, 2.75) is 25.0 Å². The van der Waals surface area contributed by atoms with E-state index in [1.54, 1.807) is 0 Å². The van der Waals surface area contributed by atoms with Gasteiger partial charge in [-0.1, -0.05) is 12.2 Å². The van der Waals surface area contributed by atoms with Crippen LogP contribution in [0.5, 0.6) is 0 Å². The number of hydrogen-bond donors (Lipinski definition) is 0. The number of carbonyl (C=O) groups is 2. The van der Waals surface area contributed by atoms with Gasteiger partial charge in [-0.25, -0.2) is 9.29 Å². The van der Waals surface area contributed by atoms with E-state index >= 15 is 0 Å². The van der Waals surface area contributed by atoms with E-state index in [0.29, 0.717) is 5.69 Å². The quantitative estimate of drug-likeness (QED) is 0.586. The monoisotopic (exact) mass is 287 g/mol. The van der Waals surface area contributed by atoms with Crippen LogP contribution in [0.4, 0.5) is 10.1 Å². The zero-order valence-electron chi connectivity index (χ0n) is 11.7. The molecule has 2 saturated heterocycles. The highest BCUT2D eigenvalue weighted by Gasteiger charge is 2.70. The molecule has 5 heteroatoms. The third kappa shape index (κ3) is 1.42. The van der Waals surface area contributed by atoms with Crippen molar-refractivity contribution in [3.05, 3.63) is 42.2 Å². The molecule has 0 saturated carbocycles. The van der Waals surface area contributed by atoms with Gasteiger partial charge in [-0.15, -0.1) is 0 Å². The number of benzene rings is 1. The van der Waals surface area contributed by atoms with Crippen LogP contribution in [-0.2, 0) is 14.3 Å². The standard InChI is InChI=1S/C16H14FNO3/c1-15-7-8-16(2,21-15)12-11(15)13(19)18(14(12)20)10-5-3-9(17)4-6-10/h3-8,11-12H,1-2H3/t11-,12-,15-,16+/m1/s1. The molecular weight excluding hydrogens is 273 g/mol. The molecule has 4 nitrogen and oxygen atoms in total. The molecule has 108 valence electrons. The van der Waals surface area contributed by atoms with Gasteiger partial charge in [0.05, 0.1) is 28.7 Å². The number of hydrogen-bond acceptors (Lipinski definition) is 3. The molecular formula is C16H14FNO3. The topological polar surface area (TPSA) is 46.6 Å². The Morgan fingerprint density at radius 2 is 1.48 bits per heavy atom. The van der Waals surface area contributed by atoms with Gasteiger partial charge in [0.2, 0.25) is 11.8 Å².